The first-order valence-electron chi connectivity index (χ1n) is 14.1. The molecule has 0 aromatic heterocycles. The number of anilines is 1. The van der Waals surface area contributed by atoms with Gasteiger partial charge in [0.2, 0.25) is 11.8 Å². The summed E-state index contributed by atoms with van der Waals surface area (Å²) in [6.45, 7) is 1.12. The van der Waals surface area contributed by atoms with Crippen LogP contribution in [0.1, 0.15) is 51.0 Å². The van der Waals surface area contributed by atoms with Gasteiger partial charge in [-0.2, -0.15) is 0 Å². The lowest BCUT2D eigenvalue weighted by Gasteiger charge is -2.34. The van der Waals surface area contributed by atoms with Gasteiger partial charge < -0.3 is 10.2 Å². The van der Waals surface area contributed by atoms with Crippen molar-refractivity contribution >= 4 is 73.9 Å². The van der Waals surface area contributed by atoms with Gasteiger partial charge in [-0.15, -0.1) is 0 Å². The molecule has 1 aliphatic rings. The number of sulfonamides is 1. The topological polar surface area (TPSA) is 86.8 Å². The number of rotatable bonds is 11. The van der Waals surface area contributed by atoms with E-state index in [2.05, 4.69) is 5.32 Å². The van der Waals surface area contributed by atoms with E-state index in [4.69, 9.17) is 46.4 Å². The first-order chi connectivity index (χ1) is 20.5. The zero-order valence-corrected chi connectivity index (χ0v) is 27.5. The van der Waals surface area contributed by atoms with Gasteiger partial charge in [0.1, 0.15) is 12.6 Å². The van der Waals surface area contributed by atoms with Gasteiger partial charge >= 0.3 is 0 Å². The van der Waals surface area contributed by atoms with E-state index in [1.807, 2.05) is 0 Å². The van der Waals surface area contributed by atoms with Gasteiger partial charge in [0.15, 0.2) is 0 Å². The second-order valence-electron chi connectivity index (χ2n) is 10.4. The largest absolute Gasteiger partial charge is 0.352 e. The number of benzene rings is 3. The van der Waals surface area contributed by atoms with E-state index in [9.17, 15) is 18.0 Å². The Morgan fingerprint density at radius 2 is 1.60 bits per heavy atom. The number of carbonyl (C=O) groups is 2. The first-order valence-corrected chi connectivity index (χ1v) is 17.0. The highest BCUT2D eigenvalue weighted by atomic mass is 35.5. The second-order valence-corrected chi connectivity index (χ2v) is 13.9. The smallest absolute Gasteiger partial charge is 0.264 e. The average Bonchev–Trinajstić information content (AvgIpc) is 2.99. The molecule has 0 spiro atoms. The molecule has 1 atom stereocenters. The van der Waals surface area contributed by atoms with Crippen LogP contribution < -0.4 is 9.62 Å². The maximum absolute atomic E-state index is 14.3. The zero-order chi connectivity index (χ0) is 31.1. The maximum atomic E-state index is 14.3. The van der Waals surface area contributed by atoms with Crippen molar-refractivity contribution in [2.75, 3.05) is 10.8 Å². The molecule has 1 saturated carbocycles. The highest BCUT2D eigenvalue weighted by Crippen LogP contribution is 2.36. The molecule has 7 nitrogen and oxygen atoms in total. The molecule has 1 aliphatic carbocycles. The lowest BCUT2D eigenvalue weighted by atomic mass is 9.95. The summed E-state index contributed by atoms with van der Waals surface area (Å²) < 4.78 is 28.9. The number of hydrogen-bond donors (Lipinski definition) is 1. The fraction of sp³-hybridized carbons (Fsp3) is 0.355. The van der Waals surface area contributed by atoms with E-state index < -0.39 is 28.5 Å². The summed E-state index contributed by atoms with van der Waals surface area (Å²) in [5, 5.41) is 3.96. The number of nitrogens with one attached hydrogen (secondary N) is 1. The molecule has 0 heterocycles. The first kappa shape index (κ1) is 33.4. The number of amides is 2. The highest BCUT2D eigenvalue weighted by Gasteiger charge is 2.35. The standard InChI is InChI=1S/C31H33Cl4N3O4S/c1-2-27(31(40)36-23-10-5-3-6-11-23)37(19-21-16-17-22(32)18-26(21)34)29(39)20-38(28-15-9-14-25(33)30(28)35)43(41,42)24-12-7-4-8-13-24/h4,7-9,12-18,23,27H,2-3,5-6,10-11,19-20H2,1H3,(H,36,40). The molecule has 1 unspecified atom stereocenters. The number of nitrogens with zero attached hydrogens (tertiary/aromatic N) is 2. The van der Waals surface area contributed by atoms with Gasteiger partial charge in [-0.05, 0) is 61.2 Å². The van der Waals surface area contributed by atoms with Crippen LogP contribution in [0.2, 0.25) is 20.1 Å². The average molecular weight is 686 g/mol. The minimum absolute atomic E-state index is 0.0200. The van der Waals surface area contributed by atoms with Crippen molar-refractivity contribution in [3.8, 4) is 0 Å². The molecular weight excluding hydrogens is 652 g/mol. The van der Waals surface area contributed by atoms with E-state index in [1.165, 1.54) is 29.2 Å². The minimum Gasteiger partial charge on any atom is -0.352 e. The molecule has 0 saturated heterocycles. The maximum Gasteiger partial charge on any atom is 0.264 e. The number of hydrogen-bond acceptors (Lipinski definition) is 4. The molecule has 230 valence electrons. The lowest BCUT2D eigenvalue weighted by molar-refractivity contribution is -0.140. The Hall–Kier alpha value is -2.49. The van der Waals surface area contributed by atoms with Crippen molar-refractivity contribution in [1.82, 2.24) is 10.2 Å². The Labute approximate surface area is 273 Å². The summed E-state index contributed by atoms with van der Waals surface area (Å²) in [4.78, 5) is 29.3. The summed E-state index contributed by atoms with van der Waals surface area (Å²) in [6, 6.07) is 16.3. The van der Waals surface area contributed by atoms with E-state index >= 15 is 0 Å². The quantitative estimate of drug-likeness (QED) is 0.224. The molecule has 43 heavy (non-hydrogen) atoms. The zero-order valence-electron chi connectivity index (χ0n) is 23.6. The molecule has 3 aromatic carbocycles. The van der Waals surface area contributed by atoms with Gasteiger partial charge in [0.05, 0.1) is 20.6 Å². The van der Waals surface area contributed by atoms with Crippen LogP contribution in [0, 0.1) is 0 Å². The Balaban J connectivity index is 1.75. The summed E-state index contributed by atoms with van der Waals surface area (Å²) in [6.07, 6.45) is 5.21. The molecule has 3 aromatic rings. The van der Waals surface area contributed by atoms with Crippen molar-refractivity contribution < 1.29 is 18.0 Å². The molecule has 12 heteroatoms. The summed E-state index contributed by atoms with van der Waals surface area (Å²) in [5.74, 6) is -0.918. The van der Waals surface area contributed by atoms with Crippen molar-refractivity contribution in [2.45, 2.75) is 69.0 Å². The van der Waals surface area contributed by atoms with Crippen LogP contribution in [0.5, 0.6) is 0 Å². The fourth-order valence-corrected chi connectivity index (χ4v) is 7.58. The lowest BCUT2D eigenvalue weighted by Crippen LogP contribution is -2.54. The molecule has 4 rings (SSSR count). The Bertz CT molecular complexity index is 1550. The fourth-order valence-electron chi connectivity index (χ4n) is 5.22. The SMILES string of the molecule is CCC(C(=O)NC1CCCCC1)N(Cc1ccc(Cl)cc1Cl)C(=O)CN(c1cccc(Cl)c1Cl)S(=O)(=O)c1ccccc1. The van der Waals surface area contributed by atoms with Crippen LogP contribution in [-0.2, 0) is 26.2 Å². The minimum atomic E-state index is -4.29. The summed E-state index contributed by atoms with van der Waals surface area (Å²) >= 11 is 25.4. The van der Waals surface area contributed by atoms with Crippen LogP contribution >= 0.6 is 46.4 Å². The second kappa shape index (κ2) is 15.0. The third-order valence-corrected chi connectivity index (χ3v) is 10.7. The molecule has 0 aliphatic heterocycles. The third kappa shape index (κ3) is 8.17. The molecule has 1 fully saturated rings. The molecule has 2 amide bonds. The van der Waals surface area contributed by atoms with Gasteiger partial charge in [-0.25, -0.2) is 8.42 Å². The Morgan fingerprint density at radius 1 is 0.907 bits per heavy atom. The van der Waals surface area contributed by atoms with E-state index in [0.29, 0.717) is 22.0 Å². The highest BCUT2D eigenvalue weighted by molar-refractivity contribution is 7.92. The monoisotopic (exact) mass is 683 g/mol. The van der Waals surface area contributed by atoms with Gasteiger partial charge in [0.25, 0.3) is 10.0 Å². The van der Waals surface area contributed by atoms with E-state index in [1.54, 1.807) is 49.4 Å². The van der Waals surface area contributed by atoms with Gasteiger partial charge in [0, 0.05) is 22.6 Å². The van der Waals surface area contributed by atoms with Gasteiger partial charge in [-0.3, -0.25) is 13.9 Å². The van der Waals surface area contributed by atoms with E-state index in [0.717, 1.165) is 36.4 Å². The summed E-state index contributed by atoms with van der Waals surface area (Å²) in [7, 11) is -4.29. The molecule has 1 N–H and O–H groups in total. The van der Waals surface area contributed by atoms with Crippen LogP contribution in [0.25, 0.3) is 0 Å². The Morgan fingerprint density at radius 3 is 2.26 bits per heavy atom. The van der Waals surface area contributed by atoms with Crippen molar-refractivity contribution in [3.05, 3.63) is 92.4 Å². The summed E-state index contributed by atoms with van der Waals surface area (Å²) in [5.41, 5.74) is 0.595. The Kier molecular flexibility index (Phi) is 11.6. The molecular formula is C31H33Cl4N3O4S. The third-order valence-electron chi connectivity index (χ3n) is 7.50. The van der Waals surface area contributed by atoms with Crippen LogP contribution in [0.3, 0.4) is 0 Å². The van der Waals surface area contributed by atoms with Crippen molar-refractivity contribution in [3.63, 3.8) is 0 Å². The predicted octanol–water partition coefficient (Wildman–Crippen LogP) is 7.75. The van der Waals surface area contributed by atoms with E-state index in [-0.39, 0.29) is 39.1 Å². The van der Waals surface area contributed by atoms with Crippen LogP contribution in [-0.4, -0.2) is 43.8 Å². The predicted molar refractivity (Wildman–Crippen MR) is 174 cm³/mol. The van der Waals surface area contributed by atoms with Crippen LogP contribution in [0.15, 0.2) is 71.6 Å². The molecule has 0 bridgehead atoms. The molecule has 0 radical (unpaired) electrons. The van der Waals surface area contributed by atoms with Crippen LogP contribution in [0.4, 0.5) is 5.69 Å². The van der Waals surface area contributed by atoms with Crippen molar-refractivity contribution in [2.24, 2.45) is 0 Å². The van der Waals surface area contributed by atoms with Gasteiger partial charge in [-0.1, -0.05) is 103 Å². The number of carbonyl (C=O) groups excluding carboxylic acids is 2. The van der Waals surface area contributed by atoms with Crippen molar-refractivity contribution in [1.29, 1.82) is 0 Å². The normalized spacial score (nSPS) is 14.6. The number of halogens is 4.